The topological polar surface area (TPSA) is 109 Å². The van der Waals surface area contributed by atoms with Gasteiger partial charge in [0.15, 0.2) is 12.6 Å². The number of piperazine rings is 1. The molecule has 3 N–H and O–H groups in total. The van der Waals surface area contributed by atoms with Crippen LogP contribution in [0.1, 0.15) is 26.3 Å². The molecule has 1 aromatic carbocycles. The lowest BCUT2D eigenvalue weighted by Gasteiger charge is -2.39. The van der Waals surface area contributed by atoms with Crippen molar-refractivity contribution in [3.8, 4) is 5.75 Å². The van der Waals surface area contributed by atoms with Crippen molar-refractivity contribution < 1.29 is 19.1 Å². The molecule has 3 rings (SSSR count). The molecule has 2 aliphatic heterocycles. The van der Waals surface area contributed by atoms with Gasteiger partial charge in [0.2, 0.25) is 0 Å². The van der Waals surface area contributed by atoms with Gasteiger partial charge in [-0.3, -0.25) is 9.79 Å². The molecule has 2 aliphatic rings. The Morgan fingerprint density at radius 3 is 2.83 bits per heavy atom. The van der Waals surface area contributed by atoms with Crippen molar-refractivity contribution in [3.63, 3.8) is 0 Å². The Morgan fingerprint density at radius 2 is 2.10 bits per heavy atom. The first kappa shape index (κ1) is 20.8. The van der Waals surface area contributed by atoms with E-state index in [9.17, 15) is 9.59 Å². The van der Waals surface area contributed by atoms with Crippen LogP contribution in [0.5, 0.6) is 5.75 Å². The number of benzene rings is 1. The van der Waals surface area contributed by atoms with Gasteiger partial charge in [-0.25, -0.2) is 4.79 Å². The highest BCUT2D eigenvalue weighted by atomic mass is 16.6. The molecule has 158 valence electrons. The zero-order valence-electron chi connectivity index (χ0n) is 17.2. The zero-order valence-corrected chi connectivity index (χ0v) is 17.2. The SMILES string of the molecule is CC(C)(C)OC(=O)N1CCN2C(NCc3cccc(OCC(N)=O)c3)=NCC2C1. The molecule has 2 heterocycles. The minimum absolute atomic E-state index is 0.146. The van der Waals surface area contributed by atoms with E-state index in [-0.39, 0.29) is 18.7 Å². The molecule has 0 saturated carbocycles. The molecule has 1 aromatic rings. The minimum atomic E-state index is -0.509. The predicted octanol–water partition coefficient (Wildman–Crippen LogP) is 0.931. The Bertz CT molecular complexity index is 789. The average Bonchev–Trinajstić information content (AvgIpc) is 3.06. The number of primary amides is 1. The van der Waals surface area contributed by atoms with Crippen molar-refractivity contribution in [2.45, 2.75) is 39.0 Å². The van der Waals surface area contributed by atoms with Crippen LogP contribution in [-0.4, -0.2) is 72.2 Å². The maximum atomic E-state index is 12.3. The third-order valence-corrected chi connectivity index (χ3v) is 4.59. The van der Waals surface area contributed by atoms with Crippen LogP contribution in [0.25, 0.3) is 0 Å². The molecule has 0 aliphatic carbocycles. The number of nitrogens with zero attached hydrogens (tertiary/aromatic N) is 3. The maximum absolute atomic E-state index is 12.3. The lowest BCUT2D eigenvalue weighted by molar-refractivity contribution is -0.119. The smallest absolute Gasteiger partial charge is 0.410 e. The number of nitrogens with two attached hydrogens (primary N) is 1. The second-order valence-corrected chi connectivity index (χ2v) is 8.19. The Balaban J connectivity index is 1.50. The second-order valence-electron chi connectivity index (χ2n) is 8.19. The number of carbonyl (C=O) groups is 2. The van der Waals surface area contributed by atoms with Crippen molar-refractivity contribution in [2.75, 3.05) is 32.8 Å². The zero-order chi connectivity index (χ0) is 21.0. The number of guanidine groups is 1. The Morgan fingerprint density at radius 1 is 1.31 bits per heavy atom. The first-order chi connectivity index (χ1) is 13.7. The molecule has 9 heteroatoms. The van der Waals surface area contributed by atoms with Crippen LogP contribution in [0.4, 0.5) is 4.79 Å². The lowest BCUT2D eigenvalue weighted by atomic mass is 10.2. The van der Waals surface area contributed by atoms with Crippen LogP contribution in [0, 0.1) is 0 Å². The van der Waals surface area contributed by atoms with Gasteiger partial charge < -0.3 is 30.3 Å². The van der Waals surface area contributed by atoms with E-state index < -0.39 is 11.5 Å². The summed E-state index contributed by atoms with van der Waals surface area (Å²) in [4.78, 5) is 31.7. The quantitative estimate of drug-likeness (QED) is 0.757. The summed E-state index contributed by atoms with van der Waals surface area (Å²) in [5, 5.41) is 3.37. The number of nitrogens with one attached hydrogen (secondary N) is 1. The fourth-order valence-electron chi connectivity index (χ4n) is 3.30. The largest absolute Gasteiger partial charge is 0.484 e. The third kappa shape index (κ3) is 5.75. The molecule has 9 nitrogen and oxygen atoms in total. The molecular formula is C20H29N5O4. The van der Waals surface area contributed by atoms with Crippen LogP contribution in [0.3, 0.4) is 0 Å². The number of hydrogen-bond acceptors (Lipinski definition) is 7. The first-order valence-electron chi connectivity index (χ1n) is 9.74. The molecule has 1 saturated heterocycles. The highest BCUT2D eigenvalue weighted by Crippen LogP contribution is 2.19. The van der Waals surface area contributed by atoms with Crippen molar-refractivity contribution in [3.05, 3.63) is 29.8 Å². The summed E-state index contributed by atoms with van der Waals surface area (Å²) >= 11 is 0. The highest BCUT2D eigenvalue weighted by Gasteiger charge is 2.36. The van der Waals surface area contributed by atoms with Crippen LogP contribution >= 0.6 is 0 Å². The average molecular weight is 403 g/mol. The number of amides is 2. The molecule has 1 unspecified atom stereocenters. The van der Waals surface area contributed by atoms with Crippen LogP contribution in [-0.2, 0) is 16.1 Å². The van der Waals surface area contributed by atoms with Gasteiger partial charge in [0.05, 0.1) is 12.6 Å². The van der Waals surface area contributed by atoms with E-state index in [4.69, 9.17) is 15.2 Å². The Kier molecular flexibility index (Phi) is 6.14. The summed E-state index contributed by atoms with van der Waals surface area (Å²) in [6.45, 7) is 8.59. The van der Waals surface area contributed by atoms with E-state index in [1.165, 1.54) is 0 Å². The van der Waals surface area contributed by atoms with E-state index in [0.29, 0.717) is 38.5 Å². The van der Waals surface area contributed by atoms with E-state index in [1.54, 1.807) is 11.0 Å². The number of rotatable bonds is 5. The maximum Gasteiger partial charge on any atom is 0.410 e. The number of fused-ring (bicyclic) bond motifs is 1. The van der Waals surface area contributed by atoms with Crippen LogP contribution < -0.4 is 15.8 Å². The lowest BCUT2D eigenvalue weighted by Crippen LogP contribution is -2.57. The van der Waals surface area contributed by atoms with Crippen LogP contribution in [0.15, 0.2) is 29.3 Å². The second kappa shape index (κ2) is 8.59. The van der Waals surface area contributed by atoms with Crippen molar-refractivity contribution in [1.29, 1.82) is 0 Å². The van der Waals surface area contributed by atoms with Gasteiger partial charge in [-0.15, -0.1) is 0 Å². The summed E-state index contributed by atoms with van der Waals surface area (Å²) in [5.41, 5.74) is 5.62. The molecule has 1 fully saturated rings. The summed E-state index contributed by atoms with van der Waals surface area (Å²) in [7, 11) is 0. The minimum Gasteiger partial charge on any atom is -0.484 e. The van der Waals surface area contributed by atoms with E-state index in [1.807, 2.05) is 39.0 Å². The van der Waals surface area contributed by atoms with E-state index >= 15 is 0 Å². The van der Waals surface area contributed by atoms with Crippen molar-refractivity contribution in [1.82, 2.24) is 15.1 Å². The molecular weight excluding hydrogens is 374 g/mol. The molecule has 2 amide bonds. The van der Waals surface area contributed by atoms with Gasteiger partial charge in [0, 0.05) is 26.2 Å². The molecule has 0 bridgehead atoms. The molecule has 1 atom stereocenters. The first-order valence-corrected chi connectivity index (χ1v) is 9.74. The predicted molar refractivity (Wildman–Crippen MR) is 109 cm³/mol. The normalized spacial score (nSPS) is 18.7. The van der Waals surface area contributed by atoms with Gasteiger partial charge in [-0.05, 0) is 38.5 Å². The summed E-state index contributed by atoms with van der Waals surface area (Å²) in [5.74, 6) is 0.924. The fraction of sp³-hybridized carbons (Fsp3) is 0.550. The standard InChI is InChI=1S/C20H29N5O4/c1-20(2,3)29-19(27)24-7-8-25-15(12-24)11-23-18(25)22-10-14-5-4-6-16(9-14)28-13-17(21)26/h4-6,9,15H,7-8,10-13H2,1-3H3,(H2,21,26)(H,22,23). The number of carbonyl (C=O) groups excluding carboxylic acids is 2. The Hall–Kier alpha value is -2.97. The van der Waals surface area contributed by atoms with Gasteiger partial charge in [0.25, 0.3) is 5.91 Å². The summed E-state index contributed by atoms with van der Waals surface area (Å²) in [6, 6.07) is 7.64. The van der Waals surface area contributed by atoms with Gasteiger partial charge in [-0.2, -0.15) is 0 Å². The van der Waals surface area contributed by atoms with Crippen LogP contribution in [0.2, 0.25) is 0 Å². The fourth-order valence-corrected chi connectivity index (χ4v) is 3.30. The van der Waals surface area contributed by atoms with E-state index in [2.05, 4.69) is 15.2 Å². The summed E-state index contributed by atoms with van der Waals surface area (Å²) in [6.07, 6.45) is -0.272. The molecule has 0 aromatic heterocycles. The van der Waals surface area contributed by atoms with Crippen molar-refractivity contribution in [2.24, 2.45) is 10.7 Å². The summed E-state index contributed by atoms with van der Waals surface area (Å²) < 4.78 is 10.8. The number of hydrogen-bond donors (Lipinski definition) is 2. The van der Waals surface area contributed by atoms with Gasteiger partial charge in [-0.1, -0.05) is 12.1 Å². The van der Waals surface area contributed by atoms with E-state index in [0.717, 1.165) is 11.5 Å². The third-order valence-electron chi connectivity index (χ3n) is 4.59. The van der Waals surface area contributed by atoms with Gasteiger partial charge in [0.1, 0.15) is 11.4 Å². The number of aliphatic imine (C=N–C) groups is 1. The molecule has 0 spiro atoms. The molecule has 29 heavy (non-hydrogen) atoms. The highest BCUT2D eigenvalue weighted by molar-refractivity contribution is 5.82. The monoisotopic (exact) mass is 403 g/mol. The van der Waals surface area contributed by atoms with Gasteiger partial charge >= 0.3 is 6.09 Å². The molecule has 0 radical (unpaired) electrons. The van der Waals surface area contributed by atoms with Crippen molar-refractivity contribution >= 4 is 18.0 Å². The number of ether oxygens (including phenoxy) is 2. The Labute approximate surface area is 170 Å².